The number of piperazine rings is 1. The molecule has 17 heavy (non-hydrogen) atoms. The molecule has 2 fully saturated rings. The highest BCUT2D eigenvalue weighted by Crippen LogP contribution is 2.36. The van der Waals surface area contributed by atoms with Gasteiger partial charge in [0.1, 0.15) is 6.04 Å². The van der Waals surface area contributed by atoms with Gasteiger partial charge in [-0.3, -0.25) is 9.59 Å². The molecule has 5 nitrogen and oxygen atoms in total. The number of nitrogens with zero attached hydrogens (tertiary/aromatic N) is 1. The largest absolute Gasteiger partial charge is 0.380 e. The van der Waals surface area contributed by atoms with E-state index in [0.717, 1.165) is 19.3 Å². The summed E-state index contributed by atoms with van der Waals surface area (Å²) in [7, 11) is 0. The molecule has 2 aliphatic rings. The average molecular weight is 240 g/mol. The van der Waals surface area contributed by atoms with Crippen LogP contribution in [0.25, 0.3) is 0 Å². The van der Waals surface area contributed by atoms with Crippen LogP contribution in [0.4, 0.5) is 0 Å². The Balaban J connectivity index is 1.89. The van der Waals surface area contributed by atoms with Crippen LogP contribution in [-0.4, -0.2) is 49.1 Å². The SMILES string of the molecule is CCCOCCN1C(=O)CNC(=O)C1C1CC1. The highest BCUT2D eigenvalue weighted by Gasteiger charge is 2.44. The van der Waals surface area contributed by atoms with Gasteiger partial charge in [-0.15, -0.1) is 0 Å². The second-order valence-corrected chi connectivity index (χ2v) is 4.70. The summed E-state index contributed by atoms with van der Waals surface area (Å²) in [6, 6.07) is -0.249. The van der Waals surface area contributed by atoms with Crippen molar-refractivity contribution in [1.82, 2.24) is 10.2 Å². The van der Waals surface area contributed by atoms with Gasteiger partial charge in [-0.1, -0.05) is 6.92 Å². The van der Waals surface area contributed by atoms with E-state index in [-0.39, 0.29) is 24.4 Å². The molecule has 1 saturated heterocycles. The average Bonchev–Trinajstić information content (AvgIpc) is 3.13. The van der Waals surface area contributed by atoms with Crippen LogP contribution in [0.5, 0.6) is 0 Å². The van der Waals surface area contributed by atoms with E-state index in [9.17, 15) is 9.59 Å². The Morgan fingerprint density at radius 1 is 1.35 bits per heavy atom. The molecule has 0 aromatic rings. The molecule has 2 rings (SSSR count). The van der Waals surface area contributed by atoms with Gasteiger partial charge >= 0.3 is 0 Å². The summed E-state index contributed by atoms with van der Waals surface area (Å²) in [5.74, 6) is 0.384. The van der Waals surface area contributed by atoms with Crippen molar-refractivity contribution in [3.8, 4) is 0 Å². The van der Waals surface area contributed by atoms with Gasteiger partial charge in [-0.2, -0.15) is 0 Å². The first-order valence-corrected chi connectivity index (χ1v) is 6.39. The Hall–Kier alpha value is -1.10. The maximum absolute atomic E-state index is 11.8. The van der Waals surface area contributed by atoms with E-state index >= 15 is 0 Å². The Morgan fingerprint density at radius 3 is 2.76 bits per heavy atom. The zero-order valence-corrected chi connectivity index (χ0v) is 10.3. The minimum Gasteiger partial charge on any atom is -0.380 e. The fraction of sp³-hybridized carbons (Fsp3) is 0.833. The lowest BCUT2D eigenvalue weighted by Gasteiger charge is -2.35. The van der Waals surface area contributed by atoms with Crippen LogP contribution in [0.1, 0.15) is 26.2 Å². The van der Waals surface area contributed by atoms with Crippen molar-refractivity contribution >= 4 is 11.8 Å². The molecule has 96 valence electrons. The number of rotatable bonds is 6. The molecule has 0 aromatic carbocycles. The summed E-state index contributed by atoms with van der Waals surface area (Å²) in [6.07, 6.45) is 3.08. The molecule has 1 saturated carbocycles. The van der Waals surface area contributed by atoms with Crippen molar-refractivity contribution in [2.45, 2.75) is 32.2 Å². The Morgan fingerprint density at radius 2 is 2.12 bits per heavy atom. The zero-order chi connectivity index (χ0) is 12.3. The van der Waals surface area contributed by atoms with Crippen LogP contribution >= 0.6 is 0 Å². The van der Waals surface area contributed by atoms with Crippen molar-refractivity contribution < 1.29 is 14.3 Å². The molecule has 0 radical (unpaired) electrons. The first kappa shape index (κ1) is 12.4. The van der Waals surface area contributed by atoms with E-state index in [0.29, 0.717) is 25.7 Å². The van der Waals surface area contributed by atoms with Gasteiger partial charge in [0.25, 0.3) is 0 Å². The number of nitrogens with one attached hydrogen (secondary N) is 1. The monoisotopic (exact) mass is 240 g/mol. The predicted octanol–water partition coefficient (Wildman–Crippen LogP) is 0.150. The van der Waals surface area contributed by atoms with Gasteiger partial charge in [0, 0.05) is 13.2 Å². The Labute approximate surface area is 101 Å². The number of carbonyl (C=O) groups is 2. The lowest BCUT2D eigenvalue weighted by Crippen LogP contribution is -2.59. The topological polar surface area (TPSA) is 58.6 Å². The molecule has 0 spiro atoms. The molecule has 0 bridgehead atoms. The van der Waals surface area contributed by atoms with Gasteiger partial charge in [-0.05, 0) is 25.2 Å². The Kier molecular flexibility index (Phi) is 3.99. The molecule has 1 unspecified atom stereocenters. The minimum absolute atomic E-state index is 0.00240. The smallest absolute Gasteiger partial charge is 0.243 e. The van der Waals surface area contributed by atoms with Crippen LogP contribution in [0, 0.1) is 5.92 Å². The molecule has 5 heteroatoms. The van der Waals surface area contributed by atoms with E-state index in [1.54, 1.807) is 4.90 Å². The number of carbonyl (C=O) groups excluding carboxylic acids is 2. The third-order valence-corrected chi connectivity index (χ3v) is 3.23. The van der Waals surface area contributed by atoms with Crippen molar-refractivity contribution in [3.63, 3.8) is 0 Å². The minimum atomic E-state index is -0.249. The fourth-order valence-electron chi connectivity index (χ4n) is 2.22. The summed E-state index contributed by atoms with van der Waals surface area (Å²) < 4.78 is 5.39. The van der Waals surface area contributed by atoms with Crippen molar-refractivity contribution in [2.75, 3.05) is 26.3 Å². The normalized spacial score (nSPS) is 25.0. The lowest BCUT2D eigenvalue weighted by molar-refractivity contribution is -0.147. The summed E-state index contributed by atoms with van der Waals surface area (Å²) in [4.78, 5) is 25.3. The molecule has 1 aliphatic carbocycles. The first-order chi connectivity index (χ1) is 8.24. The second kappa shape index (κ2) is 5.49. The first-order valence-electron chi connectivity index (χ1n) is 6.39. The van der Waals surface area contributed by atoms with E-state index in [4.69, 9.17) is 4.74 Å². The maximum Gasteiger partial charge on any atom is 0.243 e. The van der Waals surface area contributed by atoms with Crippen molar-refractivity contribution in [1.29, 1.82) is 0 Å². The quantitative estimate of drug-likeness (QED) is 0.672. The van der Waals surface area contributed by atoms with Gasteiger partial charge in [-0.25, -0.2) is 0 Å². The summed E-state index contributed by atoms with van der Waals surface area (Å²) in [5.41, 5.74) is 0. The summed E-state index contributed by atoms with van der Waals surface area (Å²) >= 11 is 0. The molecule has 1 heterocycles. The summed E-state index contributed by atoms with van der Waals surface area (Å²) in [6.45, 7) is 3.95. The van der Waals surface area contributed by atoms with Crippen LogP contribution in [0.3, 0.4) is 0 Å². The number of hydrogen-bond donors (Lipinski definition) is 1. The van der Waals surface area contributed by atoms with Crippen LogP contribution in [0.2, 0.25) is 0 Å². The lowest BCUT2D eigenvalue weighted by atomic mass is 10.1. The third kappa shape index (κ3) is 2.97. The van der Waals surface area contributed by atoms with Gasteiger partial charge in [0.15, 0.2) is 0 Å². The number of hydrogen-bond acceptors (Lipinski definition) is 3. The van der Waals surface area contributed by atoms with E-state index < -0.39 is 0 Å². The van der Waals surface area contributed by atoms with Gasteiger partial charge < -0.3 is 15.0 Å². The highest BCUT2D eigenvalue weighted by atomic mass is 16.5. The molecular formula is C12H20N2O3. The molecule has 1 aliphatic heterocycles. The second-order valence-electron chi connectivity index (χ2n) is 4.70. The van der Waals surface area contributed by atoms with Crippen molar-refractivity contribution in [2.24, 2.45) is 5.92 Å². The van der Waals surface area contributed by atoms with E-state index in [1.807, 2.05) is 6.92 Å². The van der Waals surface area contributed by atoms with E-state index in [2.05, 4.69) is 5.32 Å². The standard InChI is InChI=1S/C12H20N2O3/c1-2-6-17-7-5-14-10(15)8-13-12(16)11(14)9-3-4-9/h9,11H,2-8H2,1H3,(H,13,16). The van der Waals surface area contributed by atoms with Crippen molar-refractivity contribution in [3.05, 3.63) is 0 Å². The summed E-state index contributed by atoms with van der Waals surface area (Å²) in [5, 5.41) is 2.66. The predicted molar refractivity (Wildman–Crippen MR) is 62.3 cm³/mol. The van der Waals surface area contributed by atoms with Crippen LogP contribution in [0.15, 0.2) is 0 Å². The molecule has 2 amide bonds. The molecular weight excluding hydrogens is 220 g/mol. The van der Waals surface area contributed by atoms with Crippen LogP contribution in [-0.2, 0) is 14.3 Å². The van der Waals surface area contributed by atoms with Gasteiger partial charge in [0.05, 0.1) is 13.2 Å². The molecule has 1 atom stereocenters. The zero-order valence-electron chi connectivity index (χ0n) is 10.3. The number of amides is 2. The highest BCUT2D eigenvalue weighted by molar-refractivity contribution is 5.95. The third-order valence-electron chi connectivity index (χ3n) is 3.23. The van der Waals surface area contributed by atoms with E-state index in [1.165, 1.54) is 0 Å². The maximum atomic E-state index is 11.8. The number of ether oxygens (including phenoxy) is 1. The van der Waals surface area contributed by atoms with Gasteiger partial charge in [0.2, 0.25) is 11.8 Å². The molecule has 1 N–H and O–H groups in total. The molecule has 0 aromatic heterocycles. The van der Waals surface area contributed by atoms with Crippen LogP contribution < -0.4 is 5.32 Å². The Bertz CT molecular complexity index is 302. The fourth-order valence-corrected chi connectivity index (χ4v) is 2.22.